The normalized spacial score (nSPS) is 16.5. The molecule has 0 aromatic heterocycles. The molecule has 2 aromatic rings. The maximum absolute atomic E-state index is 11.8. The number of benzene rings is 2. The van der Waals surface area contributed by atoms with Gasteiger partial charge in [-0.15, -0.1) is 0 Å². The highest BCUT2D eigenvalue weighted by Crippen LogP contribution is 2.48. The lowest BCUT2D eigenvalue weighted by atomic mass is 9.66. The van der Waals surface area contributed by atoms with E-state index in [4.69, 9.17) is 4.43 Å². The Morgan fingerprint density at radius 1 is 0.875 bits per heavy atom. The van der Waals surface area contributed by atoms with Gasteiger partial charge in [-0.25, -0.2) is 0 Å². The Bertz CT molecular complexity index is 641. The molecule has 0 aliphatic heterocycles. The van der Waals surface area contributed by atoms with Crippen molar-refractivity contribution in [3.63, 3.8) is 0 Å². The van der Waals surface area contributed by atoms with Crippen molar-refractivity contribution in [2.75, 3.05) is 0 Å². The molecule has 0 bridgehead atoms. The summed E-state index contributed by atoms with van der Waals surface area (Å²) in [7, 11) is -0.789. The highest BCUT2D eigenvalue weighted by molar-refractivity contribution is 6.32. The number of Topliss-reactive ketones (excluding diaryl/α,β-unsaturated/α-hetero) is 1. The van der Waals surface area contributed by atoms with Crippen molar-refractivity contribution in [1.82, 2.24) is 0 Å². The quantitative estimate of drug-likeness (QED) is 0.763. The fraction of sp³-hybridized carbons (Fsp3) is 0.381. The summed E-state index contributed by atoms with van der Waals surface area (Å²) in [6.45, 7) is 6.73. The molecule has 2 aromatic carbocycles. The largest absolute Gasteiger partial charge is 0.410 e. The SMILES string of the molecule is CC(C)(C)[SiH2]OC(c1ccccc1)(c1ccccc1)C1CC(=O)C1. The van der Waals surface area contributed by atoms with Crippen molar-refractivity contribution in [3.8, 4) is 0 Å². The lowest BCUT2D eigenvalue weighted by Gasteiger charge is -2.46. The van der Waals surface area contributed by atoms with Gasteiger partial charge in [0.05, 0.1) is 0 Å². The number of carbonyl (C=O) groups excluding carboxylic acids is 1. The minimum absolute atomic E-state index is 0.197. The monoisotopic (exact) mass is 338 g/mol. The fourth-order valence-electron chi connectivity index (χ4n) is 3.40. The first-order chi connectivity index (χ1) is 11.4. The van der Waals surface area contributed by atoms with E-state index in [0.29, 0.717) is 18.6 Å². The van der Waals surface area contributed by atoms with Crippen LogP contribution in [0.4, 0.5) is 0 Å². The van der Waals surface area contributed by atoms with Gasteiger partial charge in [0.15, 0.2) is 9.76 Å². The molecular weight excluding hydrogens is 312 g/mol. The van der Waals surface area contributed by atoms with Gasteiger partial charge in [0, 0.05) is 18.8 Å². The molecule has 0 radical (unpaired) electrons. The minimum atomic E-state index is -0.789. The van der Waals surface area contributed by atoms with Crippen LogP contribution < -0.4 is 0 Å². The zero-order valence-electron chi connectivity index (χ0n) is 14.8. The van der Waals surface area contributed by atoms with E-state index in [1.807, 2.05) is 12.1 Å². The molecule has 0 N–H and O–H groups in total. The number of ketones is 1. The first-order valence-corrected chi connectivity index (χ1v) is 9.97. The standard InChI is InChI=1S/C21H26O2Si/c1-20(2,3)24-23-21(18-14-19(22)15-18,16-10-6-4-7-11-16)17-12-8-5-9-13-17/h4-13,18H,14-15,24H2,1-3H3. The van der Waals surface area contributed by atoms with Gasteiger partial charge in [-0.2, -0.15) is 0 Å². The van der Waals surface area contributed by atoms with E-state index in [1.165, 1.54) is 11.1 Å². The third kappa shape index (κ3) is 3.37. The van der Waals surface area contributed by atoms with Gasteiger partial charge in [0.2, 0.25) is 0 Å². The molecule has 1 aliphatic rings. The Kier molecular flexibility index (Phi) is 4.75. The van der Waals surface area contributed by atoms with Crippen LogP contribution in [0.3, 0.4) is 0 Å². The van der Waals surface area contributed by atoms with E-state index >= 15 is 0 Å². The molecule has 3 heteroatoms. The molecule has 0 atom stereocenters. The molecule has 126 valence electrons. The van der Waals surface area contributed by atoms with Gasteiger partial charge in [0.1, 0.15) is 11.4 Å². The number of rotatable bonds is 5. The van der Waals surface area contributed by atoms with Crippen LogP contribution >= 0.6 is 0 Å². The smallest absolute Gasteiger partial charge is 0.168 e. The second-order valence-corrected chi connectivity index (χ2v) is 10.7. The Balaban J connectivity index is 2.11. The van der Waals surface area contributed by atoms with Crippen LogP contribution in [0, 0.1) is 5.92 Å². The minimum Gasteiger partial charge on any atom is -0.410 e. The molecule has 0 spiro atoms. The first kappa shape index (κ1) is 17.1. The van der Waals surface area contributed by atoms with Gasteiger partial charge in [0.25, 0.3) is 0 Å². The second-order valence-electron chi connectivity index (χ2n) is 7.96. The Morgan fingerprint density at radius 2 is 1.33 bits per heavy atom. The topological polar surface area (TPSA) is 26.3 Å². The predicted molar refractivity (Wildman–Crippen MR) is 101 cm³/mol. The van der Waals surface area contributed by atoms with E-state index in [9.17, 15) is 4.79 Å². The van der Waals surface area contributed by atoms with Gasteiger partial charge in [-0.3, -0.25) is 4.79 Å². The molecule has 1 aliphatic carbocycles. The number of hydrogen-bond acceptors (Lipinski definition) is 2. The van der Waals surface area contributed by atoms with E-state index in [0.717, 1.165) is 0 Å². The maximum atomic E-state index is 11.8. The second kappa shape index (κ2) is 6.65. The van der Waals surface area contributed by atoms with E-state index in [2.05, 4.69) is 69.3 Å². The zero-order chi connectivity index (χ0) is 17.2. The van der Waals surface area contributed by atoms with Crippen molar-refractivity contribution in [1.29, 1.82) is 0 Å². The third-order valence-electron chi connectivity index (χ3n) is 4.66. The van der Waals surface area contributed by atoms with Crippen LogP contribution in [-0.2, 0) is 14.8 Å². The van der Waals surface area contributed by atoms with E-state index in [-0.39, 0.29) is 11.0 Å². The highest BCUT2D eigenvalue weighted by atomic mass is 28.2. The van der Waals surface area contributed by atoms with Gasteiger partial charge < -0.3 is 4.43 Å². The first-order valence-electron chi connectivity index (χ1n) is 8.68. The summed E-state index contributed by atoms with van der Waals surface area (Å²) in [6.07, 6.45) is 1.23. The van der Waals surface area contributed by atoms with Crippen molar-refractivity contribution in [3.05, 3.63) is 71.8 Å². The molecule has 2 nitrogen and oxygen atoms in total. The summed E-state index contributed by atoms with van der Waals surface area (Å²) in [6, 6.07) is 20.9. The summed E-state index contributed by atoms with van der Waals surface area (Å²) in [5.74, 6) is 0.571. The lowest BCUT2D eigenvalue weighted by molar-refractivity contribution is -0.133. The molecule has 24 heavy (non-hydrogen) atoms. The maximum Gasteiger partial charge on any atom is 0.168 e. The molecular formula is C21H26O2Si. The van der Waals surface area contributed by atoms with Crippen LogP contribution in [0.25, 0.3) is 0 Å². The fourth-order valence-corrected chi connectivity index (χ4v) is 4.63. The molecule has 0 amide bonds. The molecule has 0 saturated heterocycles. The lowest BCUT2D eigenvalue weighted by Crippen LogP contribution is -2.47. The number of carbonyl (C=O) groups is 1. The zero-order valence-corrected chi connectivity index (χ0v) is 16.2. The molecule has 1 saturated carbocycles. The van der Waals surface area contributed by atoms with Gasteiger partial charge in [-0.05, 0) is 16.2 Å². The van der Waals surface area contributed by atoms with Crippen LogP contribution in [0.5, 0.6) is 0 Å². The number of hydrogen-bond donors (Lipinski definition) is 0. The molecule has 0 heterocycles. The van der Waals surface area contributed by atoms with Gasteiger partial charge in [-0.1, -0.05) is 81.4 Å². The Hall–Kier alpha value is -1.71. The van der Waals surface area contributed by atoms with Gasteiger partial charge >= 0.3 is 0 Å². The van der Waals surface area contributed by atoms with Crippen LogP contribution in [0.15, 0.2) is 60.7 Å². The summed E-state index contributed by atoms with van der Waals surface area (Å²) >= 11 is 0. The average Bonchev–Trinajstić information content (AvgIpc) is 2.55. The van der Waals surface area contributed by atoms with Crippen molar-refractivity contribution in [2.24, 2.45) is 5.92 Å². The summed E-state index contributed by atoms with van der Waals surface area (Å²) < 4.78 is 6.81. The summed E-state index contributed by atoms with van der Waals surface area (Å²) in [5, 5.41) is 0.197. The van der Waals surface area contributed by atoms with E-state index in [1.54, 1.807) is 0 Å². The summed E-state index contributed by atoms with van der Waals surface area (Å²) in [4.78, 5) is 11.8. The Morgan fingerprint density at radius 3 is 1.71 bits per heavy atom. The predicted octanol–water partition coefficient (Wildman–Crippen LogP) is 4.23. The molecule has 3 rings (SSSR count). The van der Waals surface area contributed by atoms with Crippen LogP contribution in [0.2, 0.25) is 5.04 Å². The van der Waals surface area contributed by atoms with Crippen molar-refractivity contribution >= 4 is 15.5 Å². The highest BCUT2D eigenvalue weighted by Gasteiger charge is 2.49. The van der Waals surface area contributed by atoms with Crippen LogP contribution in [-0.4, -0.2) is 15.5 Å². The van der Waals surface area contributed by atoms with E-state index < -0.39 is 15.4 Å². The van der Waals surface area contributed by atoms with Crippen LogP contribution in [0.1, 0.15) is 44.7 Å². The van der Waals surface area contributed by atoms with Crippen molar-refractivity contribution < 1.29 is 9.22 Å². The Labute approximate surface area is 147 Å². The third-order valence-corrected chi connectivity index (χ3v) is 6.13. The van der Waals surface area contributed by atoms with Crippen molar-refractivity contribution in [2.45, 2.75) is 44.3 Å². The summed E-state index contributed by atoms with van der Waals surface area (Å²) in [5.41, 5.74) is 1.85. The molecule has 0 unspecified atom stereocenters. The average molecular weight is 339 g/mol. The molecule has 1 fully saturated rings.